The van der Waals surface area contributed by atoms with Crippen molar-refractivity contribution < 1.29 is 10.2 Å². The molecule has 0 aromatic heterocycles. The van der Waals surface area contributed by atoms with Crippen molar-refractivity contribution in [1.29, 1.82) is 0 Å². The number of para-hydroxylation sites is 2. The largest absolute Gasteiger partial charge is 0.507 e. The quantitative estimate of drug-likeness (QED) is 0.122. The molecule has 0 aliphatic carbocycles. The Bertz CT molecular complexity index is 1860. The van der Waals surface area contributed by atoms with Crippen LogP contribution in [0.3, 0.4) is 0 Å². The maximum atomic E-state index is 11.6. The van der Waals surface area contributed by atoms with Crippen LogP contribution in [0.15, 0.2) is 168 Å². The Labute approximate surface area is 296 Å². The molecule has 2 N–H and O–H groups in total. The molecular weight excluding hydrogens is 613 g/mol. The lowest BCUT2D eigenvalue weighted by Crippen LogP contribution is -2.09. The summed E-state index contributed by atoms with van der Waals surface area (Å²) in [6.07, 6.45) is 5.27. The number of hydrogen-bond donors (Lipinski definition) is 2. The van der Waals surface area contributed by atoms with Crippen molar-refractivity contribution in [3.63, 3.8) is 0 Å². The fraction of sp³-hybridized carbons (Fsp3) is 0.174. The first-order valence-electron chi connectivity index (χ1n) is 17.5. The molecule has 4 nitrogen and oxygen atoms in total. The van der Waals surface area contributed by atoms with Gasteiger partial charge in [-0.3, -0.25) is 9.98 Å². The first kappa shape index (κ1) is 34.1. The van der Waals surface area contributed by atoms with E-state index in [1.165, 1.54) is 11.1 Å². The van der Waals surface area contributed by atoms with E-state index in [0.29, 0.717) is 11.1 Å². The molecule has 0 spiro atoms. The van der Waals surface area contributed by atoms with E-state index in [1.807, 2.05) is 109 Å². The summed E-state index contributed by atoms with van der Waals surface area (Å²) < 4.78 is 0. The lowest BCUT2D eigenvalue weighted by molar-refractivity contribution is 0.462. The van der Waals surface area contributed by atoms with Crippen LogP contribution in [0.5, 0.6) is 11.5 Å². The van der Waals surface area contributed by atoms with Crippen molar-refractivity contribution in [1.82, 2.24) is 0 Å². The first-order chi connectivity index (χ1) is 24.6. The van der Waals surface area contributed by atoms with Crippen LogP contribution in [0.1, 0.15) is 95.1 Å². The van der Waals surface area contributed by atoms with Crippen LogP contribution in [0, 0.1) is 0 Å². The molecule has 0 heterocycles. The van der Waals surface area contributed by atoms with Gasteiger partial charge in [-0.1, -0.05) is 159 Å². The second-order valence-electron chi connectivity index (χ2n) is 12.6. The highest BCUT2D eigenvalue weighted by Crippen LogP contribution is 2.39. The van der Waals surface area contributed by atoms with Gasteiger partial charge in [0.2, 0.25) is 0 Å². The maximum Gasteiger partial charge on any atom is 0.128 e. The summed E-state index contributed by atoms with van der Waals surface area (Å²) in [5.41, 5.74) is 7.41. The molecule has 0 bridgehead atoms. The number of phenolic OH excluding ortho intramolecular Hbond substituents is 2. The second kappa shape index (κ2) is 16.6. The maximum absolute atomic E-state index is 11.6. The van der Waals surface area contributed by atoms with Crippen molar-refractivity contribution in [3.8, 4) is 11.5 Å². The standard InChI is InChI=1S/C46H44N2O2/c1-3-39(33-19-9-5-10-20-33)41-29-17-27-37(45(41)49)31-47-43(35-23-13-7-14-24-35)44(36-25-15-8-16-26-36)48-32-38-28-18-30-42(46(38)50)40(4-2)34-21-11-6-12-22-34/h5-32,39-40,43-44,49-50H,3-4H2,1-2H3/t39-,40-,43+,44+/m1/s1. The van der Waals surface area contributed by atoms with Crippen molar-refractivity contribution in [2.45, 2.75) is 50.6 Å². The minimum absolute atomic E-state index is 0.0637. The summed E-state index contributed by atoms with van der Waals surface area (Å²) in [5.74, 6) is 0.607. The van der Waals surface area contributed by atoms with E-state index in [9.17, 15) is 10.2 Å². The molecule has 0 saturated heterocycles. The molecule has 0 amide bonds. The predicted molar refractivity (Wildman–Crippen MR) is 207 cm³/mol. The van der Waals surface area contributed by atoms with E-state index in [1.54, 1.807) is 12.4 Å². The third-order valence-electron chi connectivity index (χ3n) is 9.50. The van der Waals surface area contributed by atoms with Gasteiger partial charge in [0.05, 0.1) is 0 Å². The minimum atomic E-state index is -0.410. The Morgan fingerprint density at radius 2 is 0.740 bits per heavy atom. The third-order valence-corrected chi connectivity index (χ3v) is 9.50. The molecule has 0 radical (unpaired) electrons. The van der Waals surface area contributed by atoms with E-state index in [2.05, 4.69) is 62.4 Å². The highest BCUT2D eigenvalue weighted by Gasteiger charge is 2.25. The zero-order valence-corrected chi connectivity index (χ0v) is 28.7. The van der Waals surface area contributed by atoms with Crippen LogP contribution in [0.2, 0.25) is 0 Å². The summed E-state index contributed by atoms with van der Waals surface area (Å²) >= 11 is 0. The molecule has 0 aliphatic heterocycles. The number of phenols is 2. The van der Waals surface area contributed by atoms with Crippen LogP contribution >= 0.6 is 0 Å². The van der Waals surface area contributed by atoms with Gasteiger partial charge in [-0.15, -0.1) is 0 Å². The highest BCUT2D eigenvalue weighted by molar-refractivity contribution is 5.85. The highest BCUT2D eigenvalue weighted by atomic mass is 16.3. The SMILES string of the molecule is CC[C@H](c1ccccc1)c1cccc(C=N[C@@H](c2ccccc2)[C@@H](N=Cc2cccc([C@H](CC)c3ccccc3)c2O)c2ccccc2)c1O. The molecular formula is C46H44N2O2. The molecule has 0 fully saturated rings. The smallest absolute Gasteiger partial charge is 0.128 e. The van der Waals surface area contributed by atoms with Crippen LogP contribution in [-0.2, 0) is 0 Å². The first-order valence-corrected chi connectivity index (χ1v) is 17.5. The van der Waals surface area contributed by atoms with Gasteiger partial charge in [-0.05, 0) is 47.2 Å². The molecule has 0 unspecified atom stereocenters. The summed E-state index contributed by atoms with van der Waals surface area (Å²) in [6.45, 7) is 4.28. The van der Waals surface area contributed by atoms with Crippen LogP contribution in [0.4, 0.5) is 0 Å². The second-order valence-corrected chi connectivity index (χ2v) is 12.6. The van der Waals surface area contributed by atoms with E-state index in [0.717, 1.165) is 35.1 Å². The fourth-order valence-electron chi connectivity index (χ4n) is 6.89. The van der Waals surface area contributed by atoms with Crippen LogP contribution in [0.25, 0.3) is 0 Å². The van der Waals surface area contributed by atoms with Crippen molar-refractivity contribution >= 4 is 12.4 Å². The van der Waals surface area contributed by atoms with Gasteiger partial charge in [0.1, 0.15) is 23.6 Å². The molecule has 6 aromatic carbocycles. The zero-order valence-electron chi connectivity index (χ0n) is 28.7. The fourth-order valence-corrected chi connectivity index (χ4v) is 6.89. The molecule has 6 aromatic rings. The summed E-state index contributed by atoms with van der Waals surface area (Å²) in [4.78, 5) is 10.3. The van der Waals surface area contributed by atoms with Gasteiger partial charge in [-0.2, -0.15) is 0 Å². The van der Waals surface area contributed by atoms with Gasteiger partial charge in [0.25, 0.3) is 0 Å². The topological polar surface area (TPSA) is 65.2 Å². The lowest BCUT2D eigenvalue weighted by atomic mass is 9.87. The molecule has 0 aliphatic rings. The Morgan fingerprint density at radius 3 is 1.06 bits per heavy atom. The summed E-state index contributed by atoms with van der Waals surface area (Å²) in [7, 11) is 0. The number of aliphatic imine (C=N–C) groups is 2. The Morgan fingerprint density at radius 1 is 0.420 bits per heavy atom. The van der Waals surface area contributed by atoms with Crippen LogP contribution < -0.4 is 0 Å². The van der Waals surface area contributed by atoms with Crippen LogP contribution in [-0.4, -0.2) is 22.6 Å². The number of rotatable bonds is 13. The van der Waals surface area contributed by atoms with Gasteiger partial charge >= 0.3 is 0 Å². The van der Waals surface area contributed by atoms with Gasteiger partial charge in [0.15, 0.2) is 0 Å². The zero-order chi connectivity index (χ0) is 34.7. The minimum Gasteiger partial charge on any atom is -0.507 e. The Balaban J connectivity index is 1.40. The number of aromatic hydroxyl groups is 2. The Hall–Kier alpha value is -5.74. The van der Waals surface area contributed by atoms with Gasteiger partial charge < -0.3 is 10.2 Å². The van der Waals surface area contributed by atoms with E-state index in [4.69, 9.17) is 9.98 Å². The van der Waals surface area contributed by atoms with Crippen molar-refractivity contribution in [2.75, 3.05) is 0 Å². The molecule has 6 rings (SSSR count). The molecule has 250 valence electrons. The number of nitrogens with zero attached hydrogens (tertiary/aromatic N) is 2. The molecule has 4 atom stereocenters. The molecule has 0 saturated carbocycles. The Kier molecular flexibility index (Phi) is 11.3. The predicted octanol–water partition coefficient (Wildman–Crippen LogP) is 11.2. The monoisotopic (exact) mass is 656 g/mol. The van der Waals surface area contributed by atoms with Gasteiger partial charge in [-0.25, -0.2) is 0 Å². The molecule has 4 heteroatoms. The van der Waals surface area contributed by atoms with Crippen molar-refractivity contribution in [2.24, 2.45) is 9.98 Å². The normalized spacial score (nSPS) is 14.0. The summed E-state index contributed by atoms with van der Waals surface area (Å²) in [6, 6.07) is 51.9. The number of benzene rings is 6. The average Bonchev–Trinajstić information content (AvgIpc) is 3.17. The summed E-state index contributed by atoms with van der Waals surface area (Å²) in [5, 5.41) is 23.2. The van der Waals surface area contributed by atoms with E-state index in [-0.39, 0.29) is 23.3 Å². The van der Waals surface area contributed by atoms with Gasteiger partial charge in [0, 0.05) is 46.5 Å². The van der Waals surface area contributed by atoms with Crippen molar-refractivity contribution in [3.05, 3.63) is 202 Å². The van der Waals surface area contributed by atoms with E-state index < -0.39 is 12.1 Å². The lowest BCUT2D eigenvalue weighted by Gasteiger charge is -2.23. The molecule has 50 heavy (non-hydrogen) atoms. The third kappa shape index (κ3) is 7.76. The van der Waals surface area contributed by atoms with E-state index >= 15 is 0 Å². The number of hydrogen-bond acceptors (Lipinski definition) is 4. The average molecular weight is 657 g/mol.